The number of aromatic nitrogens is 2. The highest BCUT2D eigenvalue weighted by Crippen LogP contribution is 2.39. The highest BCUT2D eigenvalue weighted by Gasteiger charge is 2.42. The summed E-state index contributed by atoms with van der Waals surface area (Å²) in [6.07, 6.45) is 0. The number of carbonyl (C=O) groups is 1. The van der Waals surface area contributed by atoms with Crippen molar-refractivity contribution in [2.24, 2.45) is 10.9 Å². The molecule has 2 aromatic carbocycles. The van der Waals surface area contributed by atoms with E-state index >= 15 is 0 Å². The Kier molecular flexibility index (Phi) is 6.07. The third-order valence-corrected chi connectivity index (χ3v) is 8.00. The molecule has 11 heteroatoms. The van der Waals surface area contributed by atoms with Crippen LogP contribution in [-0.2, 0) is 14.8 Å². The molecule has 1 amide bonds. The van der Waals surface area contributed by atoms with Crippen LogP contribution in [0.4, 0.5) is 10.2 Å². The van der Waals surface area contributed by atoms with Gasteiger partial charge in [-0.05, 0) is 55.8 Å². The van der Waals surface area contributed by atoms with Crippen LogP contribution in [0.5, 0.6) is 0 Å². The highest BCUT2D eigenvalue weighted by atomic mass is 35.5. The number of fused-ring (bicyclic) bond motifs is 1. The minimum atomic E-state index is -4.24. The molecule has 7 nitrogen and oxygen atoms in total. The van der Waals surface area contributed by atoms with Crippen molar-refractivity contribution in [1.82, 2.24) is 14.1 Å². The topological polar surface area (TPSA) is 84.6 Å². The summed E-state index contributed by atoms with van der Waals surface area (Å²) in [5, 5.41) is 5.12. The maximum atomic E-state index is 13.6. The number of aryl methyl sites for hydroxylation is 1. The summed E-state index contributed by atoms with van der Waals surface area (Å²) in [6.45, 7) is 3.46. The van der Waals surface area contributed by atoms with Gasteiger partial charge >= 0.3 is 0 Å². The van der Waals surface area contributed by atoms with Gasteiger partial charge in [0, 0.05) is 18.8 Å². The third kappa shape index (κ3) is 4.16. The first-order valence-electron chi connectivity index (χ1n) is 9.85. The second-order valence-electron chi connectivity index (χ2n) is 7.70. The number of sulfonamides is 1. The standard InChI is InChI=1S/C22H19Cl2FN4O3S/c1-12-10-19-26-13(2)20(21(29(19)27-12)14-4-9-17(23)18(24)11-14)22(30)28(3)33(31,32)16-7-5-15(25)6-8-16/h4-11,20-21H,1-3H3. The van der Waals surface area contributed by atoms with Gasteiger partial charge in [-0.2, -0.15) is 5.10 Å². The number of rotatable bonds is 4. The van der Waals surface area contributed by atoms with E-state index in [9.17, 15) is 17.6 Å². The van der Waals surface area contributed by atoms with Crippen molar-refractivity contribution in [2.45, 2.75) is 24.8 Å². The first kappa shape index (κ1) is 23.4. The fourth-order valence-electron chi connectivity index (χ4n) is 3.83. The Balaban J connectivity index is 1.82. The van der Waals surface area contributed by atoms with Crippen molar-refractivity contribution in [3.05, 3.63) is 75.7 Å². The van der Waals surface area contributed by atoms with Gasteiger partial charge in [0.15, 0.2) is 5.82 Å². The van der Waals surface area contributed by atoms with Crippen molar-refractivity contribution < 1.29 is 17.6 Å². The van der Waals surface area contributed by atoms with Crippen molar-refractivity contribution in [3.8, 4) is 0 Å². The summed E-state index contributed by atoms with van der Waals surface area (Å²) >= 11 is 12.3. The predicted molar refractivity (Wildman–Crippen MR) is 124 cm³/mol. The average Bonchev–Trinajstić information content (AvgIpc) is 3.13. The Hall–Kier alpha value is -2.75. The molecule has 2 heterocycles. The number of carbonyl (C=O) groups excluding carboxylic acids is 1. The van der Waals surface area contributed by atoms with Gasteiger partial charge in [0.05, 0.1) is 26.7 Å². The van der Waals surface area contributed by atoms with Crippen LogP contribution < -0.4 is 0 Å². The van der Waals surface area contributed by atoms with Gasteiger partial charge < -0.3 is 0 Å². The molecule has 0 N–H and O–H groups in total. The average molecular weight is 509 g/mol. The smallest absolute Gasteiger partial charge is 0.266 e. The number of aliphatic imine (C=N–C) groups is 1. The molecule has 1 aliphatic heterocycles. The molecule has 3 aromatic rings. The molecule has 2 atom stereocenters. The molecule has 0 fully saturated rings. The summed E-state index contributed by atoms with van der Waals surface area (Å²) in [5.74, 6) is -1.75. The largest absolute Gasteiger partial charge is 0.273 e. The number of hydrogen-bond acceptors (Lipinski definition) is 5. The van der Waals surface area contributed by atoms with Crippen molar-refractivity contribution >= 4 is 50.7 Å². The van der Waals surface area contributed by atoms with Gasteiger partial charge in [-0.15, -0.1) is 0 Å². The number of benzene rings is 2. The van der Waals surface area contributed by atoms with Crippen LogP contribution in [-0.4, -0.2) is 41.2 Å². The molecule has 33 heavy (non-hydrogen) atoms. The van der Waals surface area contributed by atoms with Crippen LogP contribution in [0.2, 0.25) is 10.0 Å². The lowest BCUT2D eigenvalue weighted by atomic mass is 9.87. The van der Waals surface area contributed by atoms with Crippen LogP contribution in [0.25, 0.3) is 0 Å². The molecule has 0 saturated heterocycles. The number of nitrogens with zero attached hydrogens (tertiary/aromatic N) is 4. The molecule has 0 aliphatic carbocycles. The summed E-state index contributed by atoms with van der Waals surface area (Å²) in [4.78, 5) is 17.9. The Labute approximate surface area is 200 Å². The minimum Gasteiger partial charge on any atom is -0.273 e. The van der Waals surface area contributed by atoms with Crippen LogP contribution >= 0.6 is 23.2 Å². The van der Waals surface area contributed by atoms with E-state index in [0.29, 0.717) is 37.1 Å². The van der Waals surface area contributed by atoms with Crippen molar-refractivity contribution in [2.75, 3.05) is 7.05 Å². The van der Waals surface area contributed by atoms with Crippen molar-refractivity contribution in [1.29, 1.82) is 0 Å². The fourth-order valence-corrected chi connectivity index (χ4v) is 5.29. The van der Waals surface area contributed by atoms with Gasteiger partial charge in [0.2, 0.25) is 5.91 Å². The molecule has 4 rings (SSSR count). The molecule has 0 bridgehead atoms. The van der Waals surface area contributed by atoms with E-state index in [1.54, 1.807) is 42.8 Å². The lowest BCUT2D eigenvalue weighted by Crippen LogP contribution is -2.45. The number of amides is 1. The molecule has 0 spiro atoms. The quantitative estimate of drug-likeness (QED) is 0.506. The second-order valence-corrected chi connectivity index (χ2v) is 10.5. The van der Waals surface area contributed by atoms with Gasteiger partial charge in [0.25, 0.3) is 10.0 Å². The van der Waals surface area contributed by atoms with E-state index in [2.05, 4.69) is 10.1 Å². The second kappa shape index (κ2) is 8.55. The lowest BCUT2D eigenvalue weighted by Gasteiger charge is -2.33. The van der Waals surface area contributed by atoms with Crippen LogP contribution in [0.15, 0.2) is 58.4 Å². The third-order valence-electron chi connectivity index (χ3n) is 5.49. The van der Waals surface area contributed by atoms with E-state index in [1.165, 1.54) is 7.05 Å². The van der Waals surface area contributed by atoms with E-state index in [1.807, 2.05) is 0 Å². The van der Waals surface area contributed by atoms with Crippen LogP contribution in [0, 0.1) is 18.7 Å². The summed E-state index contributed by atoms with van der Waals surface area (Å²) in [7, 11) is -3.06. The van der Waals surface area contributed by atoms with Crippen LogP contribution in [0.1, 0.15) is 24.2 Å². The van der Waals surface area contributed by atoms with Gasteiger partial charge in [-0.3, -0.25) is 4.79 Å². The Morgan fingerprint density at radius 2 is 1.73 bits per heavy atom. The lowest BCUT2D eigenvalue weighted by molar-refractivity contribution is -0.128. The molecule has 0 radical (unpaired) electrons. The predicted octanol–water partition coefficient (Wildman–Crippen LogP) is 4.80. The van der Waals surface area contributed by atoms with Crippen molar-refractivity contribution in [3.63, 3.8) is 0 Å². The highest BCUT2D eigenvalue weighted by molar-refractivity contribution is 7.89. The van der Waals surface area contributed by atoms with Crippen LogP contribution in [0.3, 0.4) is 0 Å². The minimum absolute atomic E-state index is 0.202. The summed E-state index contributed by atoms with van der Waals surface area (Å²) < 4.78 is 41.8. The molecule has 2 unspecified atom stereocenters. The first-order chi connectivity index (χ1) is 15.5. The van der Waals surface area contributed by atoms with E-state index in [-0.39, 0.29) is 4.90 Å². The molecule has 172 valence electrons. The fraction of sp³-hybridized carbons (Fsp3) is 0.227. The van der Waals surface area contributed by atoms with Gasteiger partial charge in [0.1, 0.15) is 11.7 Å². The van der Waals surface area contributed by atoms with E-state index < -0.39 is 33.7 Å². The Morgan fingerprint density at radius 1 is 1.06 bits per heavy atom. The molecule has 1 aromatic heterocycles. The summed E-state index contributed by atoms with van der Waals surface area (Å²) in [5.41, 5.74) is 1.73. The zero-order valence-corrected chi connectivity index (χ0v) is 20.2. The SMILES string of the molecule is CC1=Nc2cc(C)nn2C(c2ccc(Cl)c(Cl)c2)C1C(=O)N(C)S(=O)(=O)c1ccc(F)cc1. The maximum absolute atomic E-state index is 13.6. The molecule has 1 aliphatic rings. The van der Waals surface area contributed by atoms with E-state index in [0.717, 1.165) is 24.3 Å². The van der Waals surface area contributed by atoms with Gasteiger partial charge in [-0.25, -0.2) is 26.8 Å². The zero-order valence-electron chi connectivity index (χ0n) is 17.8. The first-order valence-corrected chi connectivity index (χ1v) is 12.0. The van der Waals surface area contributed by atoms with Gasteiger partial charge in [-0.1, -0.05) is 29.3 Å². The van der Waals surface area contributed by atoms with E-state index in [4.69, 9.17) is 23.2 Å². The molecular formula is C22H19Cl2FN4O3S. The maximum Gasteiger partial charge on any atom is 0.266 e. The zero-order chi connectivity index (χ0) is 24.1. The Bertz CT molecular complexity index is 1390. The number of halogens is 3. The molecular weight excluding hydrogens is 490 g/mol. The summed E-state index contributed by atoms with van der Waals surface area (Å²) in [6, 6.07) is 10.3. The normalized spacial score (nSPS) is 17.9. The number of hydrogen-bond donors (Lipinski definition) is 0. The molecule has 0 saturated carbocycles. The Morgan fingerprint density at radius 3 is 2.36 bits per heavy atom. The monoisotopic (exact) mass is 508 g/mol.